The van der Waals surface area contributed by atoms with Crippen LogP contribution in [0.5, 0.6) is 0 Å². The number of para-hydroxylation sites is 2. The van der Waals surface area contributed by atoms with Crippen molar-refractivity contribution in [3.8, 4) is 22.3 Å². The van der Waals surface area contributed by atoms with Crippen molar-refractivity contribution in [2.75, 3.05) is 10.2 Å². The summed E-state index contributed by atoms with van der Waals surface area (Å²) in [5.41, 5.74) is 10.5. The van der Waals surface area contributed by atoms with Crippen LogP contribution in [0, 0.1) is 0 Å². The third kappa shape index (κ3) is 27.0. The van der Waals surface area contributed by atoms with Gasteiger partial charge in [-0.15, -0.1) is 59.2 Å². The second-order valence-corrected chi connectivity index (χ2v) is 15.0. The van der Waals surface area contributed by atoms with Crippen LogP contribution in [0.1, 0.15) is 64.2 Å². The van der Waals surface area contributed by atoms with Crippen LogP contribution in [-0.4, -0.2) is 0 Å². The smallest absolute Gasteiger partial charge is 0.0458 e. The van der Waals surface area contributed by atoms with E-state index in [4.69, 9.17) is 0 Å². The summed E-state index contributed by atoms with van der Waals surface area (Å²) >= 11 is 0. The average Bonchev–Trinajstić information content (AvgIpc) is 3.40. The van der Waals surface area contributed by atoms with Crippen LogP contribution in [0.15, 0.2) is 296 Å². The van der Waals surface area contributed by atoms with Crippen LogP contribution in [0.3, 0.4) is 0 Å². The Morgan fingerprint density at radius 1 is 0.309 bits per heavy atom. The van der Waals surface area contributed by atoms with Crippen molar-refractivity contribution in [1.82, 2.24) is 0 Å². The SMILES string of the molecule is C=CCCC(=C)N(c1ccccc1)c1ccc(-c2ccccc2)cc1.C=CCCC=C.C=CCCC=C.C=CCCC=C.C=CCCC=C.c1ccc(Nc2ccc(-c3ccccc3)cc2)cc1. The van der Waals surface area contributed by atoms with Crippen molar-refractivity contribution in [2.24, 2.45) is 0 Å². The predicted molar refractivity (Wildman–Crippen MR) is 309 cm³/mol. The second kappa shape index (κ2) is 40.8. The summed E-state index contributed by atoms with van der Waals surface area (Å²) in [7, 11) is 0. The third-order valence-electron chi connectivity index (χ3n) is 9.55. The molecule has 68 heavy (non-hydrogen) atoms. The minimum atomic E-state index is 0.888. The molecule has 0 fully saturated rings. The molecule has 2 heteroatoms. The lowest BCUT2D eigenvalue weighted by molar-refractivity contribution is 0.940. The third-order valence-corrected chi connectivity index (χ3v) is 9.55. The number of anilines is 4. The molecule has 0 saturated carbocycles. The van der Waals surface area contributed by atoms with Gasteiger partial charge in [0.15, 0.2) is 0 Å². The summed E-state index contributed by atoms with van der Waals surface area (Å²) < 4.78 is 0. The lowest BCUT2D eigenvalue weighted by Gasteiger charge is -2.27. The zero-order valence-electron chi connectivity index (χ0n) is 41.0. The first-order chi connectivity index (χ1) is 33.4. The van der Waals surface area contributed by atoms with E-state index in [2.05, 4.69) is 209 Å². The molecule has 0 amide bonds. The highest BCUT2D eigenvalue weighted by Crippen LogP contribution is 2.32. The monoisotopic (exact) mass is 899 g/mol. The molecule has 6 rings (SSSR count). The topological polar surface area (TPSA) is 15.3 Å². The zero-order valence-corrected chi connectivity index (χ0v) is 41.0. The summed E-state index contributed by atoms with van der Waals surface area (Å²) in [6.45, 7) is 36.5. The molecule has 0 unspecified atom stereocenters. The molecule has 1 N–H and O–H groups in total. The highest BCUT2D eigenvalue weighted by atomic mass is 15.1. The zero-order chi connectivity index (χ0) is 49.7. The van der Waals surface area contributed by atoms with Gasteiger partial charge in [-0.05, 0) is 135 Å². The predicted octanol–water partition coefficient (Wildman–Crippen LogP) is 20.6. The molecule has 6 aromatic rings. The van der Waals surface area contributed by atoms with Gasteiger partial charge in [-0.1, -0.05) is 183 Å². The normalized spacial score (nSPS) is 9.18. The molecule has 0 atom stereocenters. The van der Waals surface area contributed by atoms with Gasteiger partial charge >= 0.3 is 0 Å². The number of hydrogen-bond donors (Lipinski definition) is 1. The molecule has 0 spiro atoms. The Labute approximate surface area is 413 Å². The van der Waals surface area contributed by atoms with E-state index in [0.717, 1.165) is 92.7 Å². The highest BCUT2D eigenvalue weighted by Gasteiger charge is 2.12. The summed E-state index contributed by atoms with van der Waals surface area (Å²) in [5.74, 6) is 0. The van der Waals surface area contributed by atoms with Crippen LogP contribution in [-0.2, 0) is 0 Å². The molecule has 352 valence electrons. The Bertz CT molecular complexity index is 2150. The largest absolute Gasteiger partial charge is 0.356 e. The number of rotatable bonds is 22. The maximum absolute atomic E-state index is 4.30. The second-order valence-electron chi connectivity index (χ2n) is 15.0. The molecular weight excluding hydrogens is 821 g/mol. The molecular formula is C66H78N2. The Balaban J connectivity index is 0.000000469. The fraction of sp³-hybridized carbons (Fsp3) is 0.152. The van der Waals surface area contributed by atoms with Crippen molar-refractivity contribution in [2.45, 2.75) is 64.2 Å². The van der Waals surface area contributed by atoms with Gasteiger partial charge in [-0.2, -0.15) is 0 Å². The minimum absolute atomic E-state index is 0.888. The molecule has 0 aliphatic rings. The number of hydrogen-bond acceptors (Lipinski definition) is 2. The summed E-state index contributed by atoms with van der Waals surface area (Å²) in [6.07, 6.45) is 27.3. The minimum Gasteiger partial charge on any atom is -0.356 e. The molecule has 0 aliphatic heterocycles. The van der Waals surface area contributed by atoms with E-state index in [0.29, 0.717) is 0 Å². The summed E-state index contributed by atoms with van der Waals surface area (Å²) in [4.78, 5) is 2.22. The molecule has 0 radical (unpaired) electrons. The van der Waals surface area contributed by atoms with E-state index in [1.54, 1.807) is 0 Å². The lowest BCUT2D eigenvalue weighted by Crippen LogP contribution is -2.15. The Morgan fingerprint density at radius 3 is 0.912 bits per heavy atom. The van der Waals surface area contributed by atoms with Gasteiger partial charge < -0.3 is 10.2 Å². The summed E-state index contributed by atoms with van der Waals surface area (Å²) in [5, 5.41) is 3.38. The number of benzene rings is 6. The van der Waals surface area contributed by atoms with E-state index in [-0.39, 0.29) is 0 Å². The molecule has 2 nitrogen and oxygen atoms in total. The van der Waals surface area contributed by atoms with E-state index in [9.17, 15) is 0 Å². The highest BCUT2D eigenvalue weighted by molar-refractivity contribution is 5.72. The average molecular weight is 899 g/mol. The molecule has 0 bridgehead atoms. The number of allylic oxidation sites excluding steroid dienone is 10. The van der Waals surface area contributed by atoms with Gasteiger partial charge in [0.05, 0.1) is 0 Å². The molecule has 0 aromatic heterocycles. The van der Waals surface area contributed by atoms with Crippen LogP contribution in [0.2, 0.25) is 0 Å². The number of unbranched alkanes of at least 4 members (excludes halogenated alkanes) is 4. The molecule has 0 saturated heterocycles. The van der Waals surface area contributed by atoms with Gasteiger partial charge in [-0.25, -0.2) is 0 Å². The Hall–Kier alpha value is -7.68. The molecule has 0 aliphatic carbocycles. The van der Waals surface area contributed by atoms with Gasteiger partial charge in [-0.3, -0.25) is 0 Å². The fourth-order valence-electron chi connectivity index (χ4n) is 5.91. The van der Waals surface area contributed by atoms with E-state index in [1.807, 2.05) is 91.1 Å². The van der Waals surface area contributed by atoms with Crippen LogP contribution < -0.4 is 10.2 Å². The summed E-state index contributed by atoms with van der Waals surface area (Å²) in [6, 6.07) is 58.6. The molecule has 0 heterocycles. The maximum atomic E-state index is 4.30. The first kappa shape index (κ1) is 58.3. The van der Waals surface area contributed by atoms with Gasteiger partial charge in [0.1, 0.15) is 0 Å². The quantitative estimate of drug-likeness (QED) is 0.0539. The van der Waals surface area contributed by atoms with Crippen LogP contribution in [0.4, 0.5) is 22.7 Å². The van der Waals surface area contributed by atoms with Crippen molar-refractivity contribution < 1.29 is 0 Å². The Kier molecular flexibility index (Phi) is 35.0. The number of nitrogens with zero attached hydrogens (tertiary/aromatic N) is 1. The van der Waals surface area contributed by atoms with Gasteiger partial charge in [0, 0.05) is 28.4 Å². The van der Waals surface area contributed by atoms with Crippen molar-refractivity contribution >= 4 is 22.7 Å². The lowest BCUT2D eigenvalue weighted by atomic mass is 10.0. The van der Waals surface area contributed by atoms with Crippen LogP contribution >= 0.6 is 0 Å². The number of nitrogens with one attached hydrogen (secondary N) is 1. The van der Waals surface area contributed by atoms with Crippen molar-refractivity contribution in [3.63, 3.8) is 0 Å². The maximum Gasteiger partial charge on any atom is 0.0458 e. The molecule has 6 aromatic carbocycles. The van der Waals surface area contributed by atoms with E-state index < -0.39 is 0 Å². The van der Waals surface area contributed by atoms with E-state index >= 15 is 0 Å². The fourth-order valence-corrected chi connectivity index (χ4v) is 5.91. The van der Waals surface area contributed by atoms with Crippen molar-refractivity contribution in [3.05, 3.63) is 296 Å². The van der Waals surface area contributed by atoms with Gasteiger partial charge in [0.2, 0.25) is 0 Å². The standard InChI is InChI=1S/C24H23N.C18H15N.4C6H10/c1-3-4-11-20(2)25(23-14-9-6-10-15-23)24-18-16-22(17-19-24)21-12-7-5-8-13-21;1-3-7-15(8-4-1)16-11-13-18(14-12-16)19-17-9-5-2-6-10-17;4*1-3-5-6-4-2/h3,5-10,12-19H,1-2,4,11H2;1-14,19H;4*3-4H,1-2,5-6H2. The van der Waals surface area contributed by atoms with Gasteiger partial charge in [0.25, 0.3) is 0 Å². The Morgan fingerprint density at radius 2 is 0.574 bits per heavy atom. The first-order valence-corrected chi connectivity index (χ1v) is 23.5. The van der Waals surface area contributed by atoms with Crippen molar-refractivity contribution in [1.29, 1.82) is 0 Å². The van der Waals surface area contributed by atoms with Crippen LogP contribution in [0.25, 0.3) is 22.3 Å². The first-order valence-electron chi connectivity index (χ1n) is 23.5. The van der Waals surface area contributed by atoms with E-state index in [1.165, 1.54) is 22.3 Å².